The minimum absolute atomic E-state index is 0.150. The lowest BCUT2D eigenvalue weighted by molar-refractivity contribution is -0.144. The smallest absolute Gasteiger partial charge is 0.292 e. The molecule has 0 bridgehead atoms. The van der Waals surface area contributed by atoms with Crippen molar-refractivity contribution < 1.29 is 13.2 Å². The maximum Gasteiger partial charge on any atom is 0.431 e. The summed E-state index contributed by atoms with van der Waals surface area (Å²) in [5.74, 6) is 0.506. The number of benzene rings is 1. The van der Waals surface area contributed by atoms with Crippen LogP contribution in [0.3, 0.4) is 0 Å². The molecule has 0 aliphatic heterocycles. The van der Waals surface area contributed by atoms with Crippen molar-refractivity contribution in [1.82, 2.24) is 23.3 Å². The Balaban J connectivity index is 1.95. The van der Waals surface area contributed by atoms with Gasteiger partial charge in [0.15, 0.2) is 5.82 Å². The minimum atomic E-state index is -4.81. The van der Waals surface area contributed by atoms with Gasteiger partial charge >= 0.3 is 11.9 Å². The second-order valence-corrected chi connectivity index (χ2v) is 6.94. The number of rotatable bonds is 2. The highest BCUT2D eigenvalue weighted by atomic mass is 32.1. The zero-order valence-corrected chi connectivity index (χ0v) is 15.4. The van der Waals surface area contributed by atoms with Gasteiger partial charge in [-0.15, -0.1) is 0 Å². The van der Waals surface area contributed by atoms with Crippen molar-refractivity contribution >= 4 is 21.6 Å². The van der Waals surface area contributed by atoms with E-state index in [0.717, 1.165) is 17.4 Å². The number of hydrogen-bond donors (Lipinski definition) is 0. The van der Waals surface area contributed by atoms with E-state index in [4.69, 9.17) is 0 Å². The zero-order valence-electron chi connectivity index (χ0n) is 14.6. The van der Waals surface area contributed by atoms with Crippen LogP contribution in [0.4, 0.5) is 13.2 Å². The zero-order chi connectivity index (χ0) is 20.2. The summed E-state index contributed by atoms with van der Waals surface area (Å²) in [4.78, 5) is 24.8. The number of fused-ring (bicyclic) bond motifs is 1. The van der Waals surface area contributed by atoms with Crippen LogP contribution in [0.5, 0.6) is 0 Å². The molecule has 0 atom stereocenters. The van der Waals surface area contributed by atoms with E-state index in [1.165, 1.54) is 17.6 Å². The fourth-order valence-corrected chi connectivity index (χ4v) is 3.63. The van der Waals surface area contributed by atoms with Crippen LogP contribution in [0.2, 0.25) is 0 Å². The van der Waals surface area contributed by atoms with Gasteiger partial charge in [-0.3, -0.25) is 9.36 Å². The van der Waals surface area contributed by atoms with Gasteiger partial charge in [0.1, 0.15) is 5.69 Å². The van der Waals surface area contributed by atoms with Gasteiger partial charge in [0.25, 0.3) is 5.56 Å². The van der Waals surface area contributed by atoms with Crippen molar-refractivity contribution in [3.63, 3.8) is 0 Å². The summed E-state index contributed by atoms with van der Waals surface area (Å²) in [7, 11) is 0.976. The fourth-order valence-electron chi connectivity index (χ4n) is 2.89. The molecule has 0 fully saturated rings. The van der Waals surface area contributed by atoms with Crippen LogP contribution in [0.25, 0.3) is 21.6 Å². The van der Waals surface area contributed by atoms with Crippen molar-refractivity contribution in [2.45, 2.75) is 13.1 Å². The number of aryl methyl sites for hydroxylation is 1. The first kappa shape index (κ1) is 18.2. The highest BCUT2D eigenvalue weighted by molar-refractivity contribution is 7.13. The van der Waals surface area contributed by atoms with Gasteiger partial charge in [-0.05, 0) is 42.7 Å². The molecule has 4 rings (SSSR count). The third-order valence-corrected chi connectivity index (χ3v) is 5.06. The first-order chi connectivity index (χ1) is 13.2. The van der Waals surface area contributed by atoms with Gasteiger partial charge in [0.05, 0.1) is 16.1 Å². The molecule has 0 radical (unpaired) electrons. The molecular weight excluding hydrogens is 395 g/mol. The van der Waals surface area contributed by atoms with Crippen molar-refractivity contribution in [3.8, 4) is 11.5 Å². The van der Waals surface area contributed by atoms with E-state index in [1.54, 1.807) is 29.1 Å². The van der Waals surface area contributed by atoms with Gasteiger partial charge < -0.3 is 0 Å². The molecule has 0 saturated heterocycles. The first-order valence-corrected chi connectivity index (χ1v) is 8.77. The van der Waals surface area contributed by atoms with Crippen molar-refractivity contribution in [2.75, 3.05) is 0 Å². The second-order valence-electron chi connectivity index (χ2n) is 6.13. The Morgan fingerprint density at radius 3 is 2.50 bits per heavy atom. The second kappa shape index (κ2) is 6.16. The lowest BCUT2D eigenvalue weighted by Crippen LogP contribution is -2.40. The predicted molar refractivity (Wildman–Crippen MR) is 97.3 cm³/mol. The van der Waals surface area contributed by atoms with Crippen LogP contribution in [-0.2, 0) is 13.2 Å². The third-order valence-electron chi connectivity index (χ3n) is 4.24. The monoisotopic (exact) mass is 407 g/mol. The average Bonchev–Trinajstić information content (AvgIpc) is 3.22. The maximum absolute atomic E-state index is 13.0. The molecular formula is C17H12F3N5O2S. The van der Waals surface area contributed by atoms with Gasteiger partial charge in [-0.1, -0.05) is 0 Å². The van der Waals surface area contributed by atoms with Crippen LogP contribution in [0, 0.1) is 6.92 Å². The molecule has 1 aromatic carbocycles. The van der Waals surface area contributed by atoms with E-state index in [0.29, 0.717) is 26.4 Å². The van der Waals surface area contributed by atoms with Gasteiger partial charge in [-0.2, -0.15) is 22.6 Å². The van der Waals surface area contributed by atoms with Crippen LogP contribution in [-0.4, -0.2) is 23.3 Å². The van der Waals surface area contributed by atoms with Gasteiger partial charge in [-0.25, -0.2) is 14.0 Å². The topological polar surface area (TPSA) is 74.7 Å². The van der Waals surface area contributed by atoms with E-state index in [-0.39, 0.29) is 5.69 Å². The predicted octanol–water partition coefficient (Wildman–Crippen LogP) is 2.66. The largest absolute Gasteiger partial charge is 0.431 e. The summed E-state index contributed by atoms with van der Waals surface area (Å²) < 4.78 is 46.9. The number of aromatic nitrogens is 5. The van der Waals surface area contributed by atoms with Gasteiger partial charge in [0, 0.05) is 24.7 Å². The van der Waals surface area contributed by atoms with Gasteiger partial charge in [0.2, 0.25) is 0 Å². The molecule has 3 heterocycles. The summed E-state index contributed by atoms with van der Waals surface area (Å²) in [5, 5.41) is 4.92. The Bertz CT molecular complexity index is 1330. The molecule has 28 heavy (non-hydrogen) atoms. The molecule has 4 aromatic rings. The van der Waals surface area contributed by atoms with Crippen molar-refractivity contribution in [2.24, 2.45) is 7.05 Å². The standard InChI is InChI=1S/C17H12F3N5O2S/c1-9-5-6-24(21-9)15-11-7-10(3-4-12(11)28-22-15)25-14(26)8-13(17(18,19)20)23(2)16(25)27/h3-8H,1-2H3. The van der Waals surface area contributed by atoms with Crippen molar-refractivity contribution in [1.29, 1.82) is 0 Å². The number of nitrogens with zero attached hydrogens (tertiary/aromatic N) is 5. The molecule has 0 unspecified atom stereocenters. The van der Waals surface area contributed by atoms with E-state index < -0.39 is 23.1 Å². The Hall–Kier alpha value is -3.21. The molecule has 0 spiro atoms. The van der Waals surface area contributed by atoms with Crippen LogP contribution in [0.1, 0.15) is 11.4 Å². The van der Waals surface area contributed by atoms with E-state index in [9.17, 15) is 22.8 Å². The lowest BCUT2D eigenvalue weighted by Gasteiger charge is -2.14. The van der Waals surface area contributed by atoms with E-state index in [1.807, 2.05) is 6.92 Å². The molecule has 0 amide bonds. The van der Waals surface area contributed by atoms with Crippen LogP contribution >= 0.6 is 11.5 Å². The Labute approximate surface area is 159 Å². The molecule has 0 aliphatic rings. The molecule has 0 N–H and O–H groups in total. The summed E-state index contributed by atoms with van der Waals surface area (Å²) in [6.07, 6.45) is -3.08. The first-order valence-electron chi connectivity index (χ1n) is 7.99. The normalized spacial score (nSPS) is 12.0. The molecule has 0 aliphatic carbocycles. The highest BCUT2D eigenvalue weighted by Gasteiger charge is 2.35. The number of hydrogen-bond acceptors (Lipinski definition) is 5. The Morgan fingerprint density at radius 2 is 1.86 bits per heavy atom. The fraction of sp³-hybridized carbons (Fsp3) is 0.176. The Kier molecular flexibility index (Phi) is 4.00. The van der Waals surface area contributed by atoms with Crippen LogP contribution in [0.15, 0.2) is 46.1 Å². The Morgan fingerprint density at radius 1 is 1.11 bits per heavy atom. The molecule has 3 aromatic heterocycles. The van der Waals surface area contributed by atoms with E-state index in [2.05, 4.69) is 9.47 Å². The SMILES string of the molecule is Cc1ccn(-c2nsc3ccc(-n4c(=O)cc(C(F)(F)F)n(C)c4=O)cc23)n1. The van der Waals surface area contributed by atoms with Crippen LogP contribution < -0.4 is 11.2 Å². The number of alkyl halides is 3. The minimum Gasteiger partial charge on any atom is -0.292 e. The summed E-state index contributed by atoms with van der Waals surface area (Å²) in [6, 6.07) is 6.90. The highest BCUT2D eigenvalue weighted by Crippen LogP contribution is 2.28. The quantitative estimate of drug-likeness (QED) is 0.512. The van der Waals surface area contributed by atoms with E-state index >= 15 is 0 Å². The number of halogens is 3. The molecule has 0 saturated carbocycles. The third kappa shape index (κ3) is 2.83. The average molecular weight is 407 g/mol. The molecule has 7 nitrogen and oxygen atoms in total. The summed E-state index contributed by atoms with van der Waals surface area (Å²) in [6.45, 7) is 1.82. The summed E-state index contributed by atoms with van der Waals surface area (Å²) in [5.41, 5.74) is -2.51. The maximum atomic E-state index is 13.0. The molecule has 11 heteroatoms. The van der Waals surface area contributed by atoms with Crippen molar-refractivity contribution in [3.05, 3.63) is 68.8 Å². The molecule has 144 valence electrons. The summed E-state index contributed by atoms with van der Waals surface area (Å²) >= 11 is 1.21. The lowest BCUT2D eigenvalue weighted by atomic mass is 10.2.